The van der Waals surface area contributed by atoms with Crippen LogP contribution in [0.2, 0.25) is 0 Å². The second-order valence-electron chi connectivity index (χ2n) is 9.65. The van der Waals surface area contributed by atoms with Gasteiger partial charge in [-0.2, -0.15) is 0 Å². The molecule has 1 aliphatic carbocycles. The van der Waals surface area contributed by atoms with Crippen LogP contribution in [0.3, 0.4) is 0 Å². The molecule has 4 N–H and O–H groups in total. The van der Waals surface area contributed by atoms with Gasteiger partial charge in [-0.25, -0.2) is 9.78 Å². The zero-order valence-electron chi connectivity index (χ0n) is 19.5. The molecule has 1 saturated heterocycles. The molecular formula is C25H32N4O4S. The molecule has 5 rings (SSSR count). The van der Waals surface area contributed by atoms with Crippen LogP contribution in [0.1, 0.15) is 54.9 Å². The molecule has 1 aliphatic heterocycles. The standard InChI is InChI=1S/C25H32N4O4S/c1-33-24(32)20-21(26)22(34-23(20)28-10-9-25(12-28,13-30)14-31)16-7-8-19-18(11-16)27-15-29(19)17-5-3-2-4-6-17/h7-8,11,15,17,30-31H,2-6,9-10,12-14,26H2,1H3. The van der Waals surface area contributed by atoms with E-state index in [9.17, 15) is 15.0 Å². The zero-order chi connectivity index (χ0) is 23.9. The monoisotopic (exact) mass is 484 g/mol. The number of aliphatic hydroxyl groups is 2. The van der Waals surface area contributed by atoms with E-state index < -0.39 is 11.4 Å². The van der Waals surface area contributed by atoms with E-state index in [1.807, 2.05) is 23.4 Å². The molecule has 182 valence electrons. The molecule has 1 saturated carbocycles. The largest absolute Gasteiger partial charge is 0.465 e. The minimum atomic E-state index is -0.586. The van der Waals surface area contributed by atoms with Gasteiger partial charge in [0.2, 0.25) is 0 Å². The summed E-state index contributed by atoms with van der Waals surface area (Å²) in [6, 6.07) is 6.69. The fourth-order valence-corrected chi connectivity index (χ4v) is 6.64. The third kappa shape index (κ3) is 3.85. The number of methoxy groups -OCH3 is 1. The van der Waals surface area contributed by atoms with Crippen LogP contribution < -0.4 is 10.6 Å². The van der Waals surface area contributed by atoms with Gasteiger partial charge >= 0.3 is 5.97 Å². The highest BCUT2D eigenvalue weighted by atomic mass is 32.1. The van der Waals surface area contributed by atoms with Gasteiger partial charge in [0.05, 0.1) is 48.2 Å². The van der Waals surface area contributed by atoms with Crippen molar-refractivity contribution in [3.8, 4) is 10.4 Å². The van der Waals surface area contributed by atoms with Crippen LogP contribution in [0.15, 0.2) is 24.5 Å². The summed E-state index contributed by atoms with van der Waals surface area (Å²) in [7, 11) is 1.35. The first-order chi connectivity index (χ1) is 16.5. The molecule has 8 nitrogen and oxygen atoms in total. The van der Waals surface area contributed by atoms with Gasteiger partial charge < -0.3 is 30.2 Å². The Morgan fingerprint density at radius 1 is 1.26 bits per heavy atom. The number of nitrogens with two attached hydrogens (primary N) is 1. The van der Waals surface area contributed by atoms with Crippen LogP contribution in [-0.2, 0) is 4.74 Å². The van der Waals surface area contributed by atoms with Gasteiger partial charge in [-0.1, -0.05) is 25.3 Å². The molecule has 34 heavy (non-hydrogen) atoms. The maximum atomic E-state index is 12.7. The van der Waals surface area contributed by atoms with Crippen molar-refractivity contribution < 1.29 is 19.7 Å². The molecule has 0 spiro atoms. The number of hydrogen-bond donors (Lipinski definition) is 3. The average molecular weight is 485 g/mol. The number of benzene rings is 1. The molecule has 1 aromatic carbocycles. The number of hydrogen-bond acceptors (Lipinski definition) is 8. The van der Waals surface area contributed by atoms with Crippen LogP contribution >= 0.6 is 11.3 Å². The Labute approximate surface area is 203 Å². The van der Waals surface area contributed by atoms with Crippen molar-refractivity contribution in [2.24, 2.45) is 5.41 Å². The fraction of sp³-hybridized carbons (Fsp3) is 0.520. The Bertz CT molecular complexity index is 1190. The second kappa shape index (κ2) is 9.20. The van der Waals surface area contributed by atoms with E-state index in [2.05, 4.69) is 15.6 Å². The lowest BCUT2D eigenvalue weighted by Gasteiger charge is -2.25. The van der Waals surface area contributed by atoms with Gasteiger partial charge in [-0.15, -0.1) is 11.3 Å². The molecule has 0 amide bonds. The second-order valence-corrected chi connectivity index (χ2v) is 10.7. The predicted octanol–water partition coefficient (Wildman–Crippen LogP) is 3.82. The van der Waals surface area contributed by atoms with Crippen LogP contribution in [0.4, 0.5) is 10.7 Å². The molecule has 0 atom stereocenters. The number of aromatic nitrogens is 2. The number of fused-ring (bicyclic) bond motifs is 1. The van der Waals surface area contributed by atoms with Gasteiger partial charge in [-0.3, -0.25) is 0 Å². The summed E-state index contributed by atoms with van der Waals surface area (Å²) in [6.07, 6.45) is 8.80. The summed E-state index contributed by atoms with van der Waals surface area (Å²) in [5.41, 5.74) is 9.64. The number of rotatable bonds is 6. The summed E-state index contributed by atoms with van der Waals surface area (Å²) >= 11 is 1.45. The minimum absolute atomic E-state index is 0.110. The van der Waals surface area contributed by atoms with E-state index in [1.54, 1.807) is 0 Å². The van der Waals surface area contributed by atoms with Crippen LogP contribution in [0.5, 0.6) is 0 Å². The molecule has 2 fully saturated rings. The summed E-state index contributed by atoms with van der Waals surface area (Å²) in [6.45, 7) is 0.854. The smallest absolute Gasteiger partial charge is 0.343 e. The van der Waals surface area contributed by atoms with E-state index in [1.165, 1.54) is 50.6 Å². The Morgan fingerprint density at radius 3 is 2.71 bits per heavy atom. The number of thiophene rings is 1. The number of anilines is 2. The van der Waals surface area contributed by atoms with Crippen molar-refractivity contribution in [1.29, 1.82) is 0 Å². The van der Waals surface area contributed by atoms with Crippen LogP contribution in [0, 0.1) is 5.41 Å². The van der Waals surface area contributed by atoms with E-state index in [0.717, 1.165) is 26.5 Å². The van der Waals surface area contributed by atoms with E-state index in [4.69, 9.17) is 10.5 Å². The van der Waals surface area contributed by atoms with Gasteiger partial charge in [0.15, 0.2) is 0 Å². The van der Waals surface area contributed by atoms with E-state index in [0.29, 0.717) is 36.8 Å². The highest BCUT2D eigenvalue weighted by molar-refractivity contribution is 7.20. The lowest BCUT2D eigenvalue weighted by Crippen LogP contribution is -2.33. The van der Waals surface area contributed by atoms with Crippen molar-refractivity contribution in [1.82, 2.24) is 9.55 Å². The normalized spacial score (nSPS) is 18.6. The van der Waals surface area contributed by atoms with Crippen molar-refractivity contribution in [3.63, 3.8) is 0 Å². The SMILES string of the molecule is COC(=O)c1c(N2CCC(CO)(CO)C2)sc(-c2ccc3c(c2)ncn3C2CCCCC2)c1N. The number of nitrogens with zero attached hydrogens (tertiary/aromatic N) is 3. The summed E-state index contributed by atoms with van der Waals surface area (Å²) in [5, 5.41) is 20.4. The summed E-state index contributed by atoms with van der Waals surface area (Å²) in [4.78, 5) is 20.2. The van der Waals surface area contributed by atoms with E-state index in [-0.39, 0.29) is 13.2 Å². The van der Waals surface area contributed by atoms with Crippen molar-refractivity contribution in [2.45, 2.75) is 44.6 Å². The summed E-state index contributed by atoms with van der Waals surface area (Å²) < 4.78 is 7.36. The number of carbonyl (C=O) groups excluding carboxylic acids is 1. The third-order valence-electron chi connectivity index (χ3n) is 7.52. The highest BCUT2D eigenvalue weighted by Crippen LogP contribution is 2.47. The maximum absolute atomic E-state index is 12.7. The van der Waals surface area contributed by atoms with Crippen molar-refractivity contribution in [2.75, 3.05) is 44.0 Å². The molecule has 2 aliphatic rings. The van der Waals surface area contributed by atoms with Gasteiger partial charge in [0, 0.05) is 24.5 Å². The molecule has 3 aromatic rings. The minimum Gasteiger partial charge on any atom is -0.465 e. The average Bonchev–Trinajstić information content (AvgIpc) is 3.59. The van der Waals surface area contributed by atoms with Crippen molar-refractivity contribution >= 4 is 39.0 Å². The number of aliphatic hydroxyl groups excluding tert-OH is 2. The number of esters is 1. The topological polar surface area (TPSA) is 114 Å². The Balaban J connectivity index is 1.53. The molecule has 0 unspecified atom stereocenters. The molecule has 9 heteroatoms. The first-order valence-electron chi connectivity index (χ1n) is 11.9. The number of imidazole rings is 1. The first kappa shape index (κ1) is 23.1. The number of carbonyl (C=O) groups is 1. The summed E-state index contributed by atoms with van der Waals surface area (Å²) in [5.74, 6) is -0.483. The van der Waals surface area contributed by atoms with Crippen LogP contribution in [-0.4, -0.2) is 59.1 Å². The van der Waals surface area contributed by atoms with Gasteiger partial charge in [0.25, 0.3) is 0 Å². The third-order valence-corrected chi connectivity index (χ3v) is 8.83. The molecule has 3 heterocycles. The molecular weight excluding hydrogens is 452 g/mol. The maximum Gasteiger partial charge on any atom is 0.343 e. The van der Waals surface area contributed by atoms with Crippen molar-refractivity contribution in [3.05, 3.63) is 30.1 Å². The lowest BCUT2D eigenvalue weighted by atomic mass is 9.89. The number of nitrogen functional groups attached to an aromatic ring is 1. The Hall–Kier alpha value is -2.62. The fourth-order valence-electron chi connectivity index (χ4n) is 5.41. The quantitative estimate of drug-likeness (QED) is 0.456. The molecule has 2 aromatic heterocycles. The Morgan fingerprint density at radius 2 is 2.03 bits per heavy atom. The Kier molecular flexibility index (Phi) is 6.26. The lowest BCUT2D eigenvalue weighted by molar-refractivity contribution is 0.0603. The van der Waals surface area contributed by atoms with Gasteiger partial charge in [0.1, 0.15) is 10.6 Å². The van der Waals surface area contributed by atoms with Gasteiger partial charge in [-0.05, 0) is 37.0 Å². The van der Waals surface area contributed by atoms with E-state index >= 15 is 0 Å². The first-order valence-corrected chi connectivity index (χ1v) is 12.8. The zero-order valence-corrected chi connectivity index (χ0v) is 20.3. The molecule has 0 radical (unpaired) electrons. The van der Waals surface area contributed by atoms with Crippen LogP contribution in [0.25, 0.3) is 21.5 Å². The highest BCUT2D eigenvalue weighted by Gasteiger charge is 2.40. The predicted molar refractivity (Wildman–Crippen MR) is 134 cm³/mol. The number of ether oxygens (including phenoxy) is 1. The molecule has 0 bridgehead atoms.